The average molecular weight is 498 g/mol. The van der Waals surface area contributed by atoms with E-state index < -0.39 is 5.41 Å². The maximum absolute atomic E-state index is 14.4. The molecule has 5 rings (SSSR count). The first-order valence-electron chi connectivity index (χ1n) is 11.4. The smallest absolute Gasteiger partial charge is 0.312 e. The van der Waals surface area contributed by atoms with Gasteiger partial charge in [0.2, 0.25) is 0 Å². The Morgan fingerprint density at radius 2 is 1.97 bits per heavy atom. The summed E-state index contributed by atoms with van der Waals surface area (Å²) >= 11 is 3.82. The van der Waals surface area contributed by atoms with Gasteiger partial charge in [0.1, 0.15) is 5.82 Å². The van der Waals surface area contributed by atoms with E-state index in [2.05, 4.69) is 53.8 Å². The largest absolute Gasteiger partial charge is 0.469 e. The molecule has 1 saturated carbocycles. The minimum absolute atomic E-state index is 0.119. The third-order valence-electron chi connectivity index (χ3n) is 8.05. The van der Waals surface area contributed by atoms with Crippen molar-refractivity contribution < 1.29 is 13.9 Å². The summed E-state index contributed by atoms with van der Waals surface area (Å²) < 4.78 is 20.9. The predicted molar refractivity (Wildman–Crippen MR) is 130 cm³/mol. The molecule has 2 aliphatic rings. The van der Waals surface area contributed by atoms with Crippen LogP contribution >= 0.6 is 15.9 Å². The minimum Gasteiger partial charge on any atom is -0.469 e. The number of fused-ring (bicyclic) bond motifs is 8. The summed E-state index contributed by atoms with van der Waals surface area (Å²) in [6, 6.07) is 9.45. The van der Waals surface area contributed by atoms with Crippen molar-refractivity contribution in [2.24, 2.45) is 5.41 Å². The van der Waals surface area contributed by atoms with E-state index >= 15 is 0 Å². The lowest BCUT2D eigenvalue weighted by atomic mass is 9.49. The molecular weight excluding hydrogens is 469 g/mol. The first-order chi connectivity index (χ1) is 15.1. The number of carbonyl (C=O) groups excluding carboxylic acids is 1. The van der Waals surface area contributed by atoms with Gasteiger partial charge >= 0.3 is 5.97 Å². The first-order valence-corrected chi connectivity index (χ1v) is 12.1. The fourth-order valence-electron chi connectivity index (χ4n) is 6.60. The molecule has 3 atom stereocenters. The van der Waals surface area contributed by atoms with Crippen LogP contribution < -0.4 is 0 Å². The quantitative estimate of drug-likeness (QED) is 0.370. The Morgan fingerprint density at radius 3 is 2.66 bits per heavy atom. The van der Waals surface area contributed by atoms with Crippen LogP contribution in [0.5, 0.6) is 0 Å². The second-order valence-corrected chi connectivity index (χ2v) is 11.1. The number of aromatic amines is 1. The number of ether oxygens (including phenoxy) is 1. The van der Waals surface area contributed by atoms with Crippen molar-refractivity contribution in [1.29, 1.82) is 0 Å². The number of methoxy groups -OCH3 is 1. The van der Waals surface area contributed by atoms with Crippen LogP contribution in [0.1, 0.15) is 75.5 Å². The van der Waals surface area contributed by atoms with Crippen LogP contribution in [0.3, 0.4) is 0 Å². The van der Waals surface area contributed by atoms with Crippen molar-refractivity contribution >= 4 is 32.8 Å². The summed E-state index contributed by atoms with van der Waals surface area (Å²) in [6.07, 6.45) is 2.65. The molecule has 2 aromatic carbocycles. The maximum atomic E-state index is 14.4. The highest BCUT2D eigenvalue weighted by Crippen LogP contribution is 2.64. The highest BCUT2D eigenvalue weighted by Gasteiger charge is 2.58. The summed E-state index contributed by atoms with van der Waals surface area (Å²) in [5, 5.41) is 0.868. The van der Waals surface area contributed by atoms with E-state index in [9.17, 15) is 9.18 Å². The van der Waals surface area contributed by atoms with Crippen LogP contribution in [-0.4, -0.2) is 18.1 Å². The van der Waals surface area contributed by atoms with Gasteiger partial charge in [0.15, 0.2) is 0 Å². The van der Waals surface area contributed by atoms with E-state index in [-0.39, 0.29) is 23.1 Å². The van der Waals surface area contributed by atoms with Crippen LogP contribution in [0.25, 0.3) is 22.2 Å². The van der Waals surface area contributed by atoms with Crippen molar-refractivity contribution in [3.8, 4) is 11.3 Å². The van der Waals surface area contributed by atoms with Gasteiger partial charge < -0.3 is 9.72 Å². The molecule has 1 aromatic heterocycles. The van der Waals surface area contributed by atoms with E-state index in [0.717, 1.165) is 51.5 Å². The molecule has 0 spiro atoms. The zero-order valence-electron chi connectivity index (χ0n) is 19.2. The number of aromatic nitrogens is 1. The molecule has 3 nitrogen and oxygen atoms in total. The number of rotatable bonds is 2. The Bertz CT molecular complexity index is 1260. The topological polar surface area (TPSA) is 42.1 Å². The molecule has 0 aliphatic heterocycles. The standard InChI is InChI=1S/C27H29BrFNO2/c1-14(2)16-12-17-19(13-20(16)28)26(3)9-6-10-27(4,25(31)32-5)24(26)22-18-11-15(29)7-8-21(18)30-23(17)22/h7-8,11-14,24,30H,6,9-10H2,1-5H3/t24-,26-,27-/m1/s1. The molecule has 1 heterocycles. The van der Waals surface area contributed by atoms with E-state index in [1.165, 1.54) is 24.3 Å². The molecule has 0 radical (unpaired) electrons. The lowest BCUT2D eigenvalue weighted by Gasteiger charge is -2.54. The molecule has 1 N–H and O–H groups in total. The SMILES string of the molecule is COC(=O)[C@]1(C)CCC[C@]2(C)c3cc(Br)c(C(C)C)cc3-c3[nH]c4ccc(F)cc4c3[C@@H]12. The summed E-state index contributed by atoms with van der Waals surface area (Å²) in [7, 11) is 1.47. The van der Waals surface area contributed by atoms with Crippen molar-refractivity contribution in [2.75, 3.05) is 7.11 Å². The number of benzene rings is 2. The van der Waals surface area contributed by atoms with Gasteiger partial charge in [-0.2, -0.15) is 0 Å². The van der Waals surface area contributed by atoms with Gasteiger partial charge in [0, 0.05) is 32.3 Å². The van der Waals surface area contributed by atoms with Crippen LogP contribution in [0.2, 0.25) is 0 Å². The molecule has 3 aromatic rings. The lowest BCUT2D eigenvalue weighted by Crippen LogP contribution is -2.50. The van der Waals surface area contributed by atoms with E-state index in [4.69, 9.17) is 4.74 Å². The molecule has 0 amide bonds. The van der Waals surface area contributed by atoms with Gasteiger partial charge in [-0.25, -0.2) is 4.39 Å². The second kappa shape index (κ2) is 7.18. The van der Waals surface area contributed by atoms with Crippen LogP contribution in [-0.2, 0) is 14.9 Å². The van der Waals surface area contributed by atoms with Gasteiger partial charge in [-0.15, -0.1) is 0 Å². The molecule has 32 heavy (non-hydrogen) atoms. The summed E-state index contributed by atoms with van der Waals surface area (Å²) in [4.78, 5) is 16.8. The van der Waals surface area contributed by atoms with Crippen molar-refractivity contribution in [2.45, 2.75) is 64.2 Å². The molecule has 5 heteroatoms. The van der Waals surface area contributed by atoms with Crippen molar-refractivity contribution in [1.82, 2.24) is 4.98 Å². The average Bonchev–Trinajstić information content (AvgIpc) is 3.10. The number of hydrogen-bond donors (Lipinski definition) is 1. The second-order valence-electron chi connectivity index (χ2n) is 10.3. The Morgan fingerprint density at radius 1 is 1.22 bits per heavy atom. The Kier molecular flexibility index (Phi) is 4.87. The Labute approximate surface area is 196 Å². The summed E-state index contributed by atoms with van der Waals surface area (Å²) in [6.45, 7) is 8.69. The minimum atomic E-state index is -0.696. The number of carbonyl (C=O) groups is 1. The van der Waals surface area contributed by atoms with Gasteiger partial charge in [-0.05, 0) is 72.7 Å². The normalized spacial score (nSPS) is 26.6. The zero-order valence-corrected chi connectivity index (χ0v) is 20.8. The highest BCUT2D eigenvalue weighted by atomic mass is 79.9. The van der Waals surface area contributed by atoms with E-state index in [1.54, 1.807) is 12.1 Å². The lowest BCUT2D eigenvalue weighted by molar-refractivity contribution is -0.157. The Balaban J connectivity index is 1.92. The molecule has 1 fully saturated rings. The third kappa shape index (κ3) is 2.79. The molecule has 0 unspecified atom stereocenters. The van der Waals surface area contributed by atoms with Gasteiger partial charge in [-0.3, -0.25) is 4.79 Å². The van der Waals surface area contributed by atoms with Crippen LogP contribution in [0.15, 0.2) is 34.8 Å². The van der Waals surface area contributed by atoms with E-state index in [1.807, 2.05) is 6.92 Å². The maximum Gasteiger partial charge on any atom is 0.312 e. The number of nitrogens with one attached hydrogen (secondary N) is 1. The highest BCUT2D eigenvalue weighted by molar-refractivity contribution is 9.10. The van der Waals surface area contributed by atoms with Crippen molar-refractivity contribution in [3.05, 3.63) is 57.3 Å². The zero-order chi connectivity index (χ0) is 23.0. The number of H-pyrrole nitrogens is 1. The Hall–Kier alpha value is -2.14. The van der Waals surface area contributed by atoms with Crippen LogP contribution in [0, 0.1) is 11.2 Å². The summed E-state index contributed by atoms with van der Waals surface area (Å²) in [5.74, 6) is -0.212. The van der Waals surface area contributed by atoms with Gasteiger partial charge in [-0.1, -0.05) is 43.1 Å². The van der Waals surface area contributed by atoms with Gasteiger partial charge in [0.05, 0.1) is 18.2 Å². The number of halogens is 2. The summed E-state index contributed by atoms with van der Waals surface area (Å²) in [5.41, 5.74) is 5.65. The fraction of sp³-hybridized carbons (Fsp3) is 0.444. The van der Waals surface area contributed by atoms with E-state index in [0.29, 0.717) is 5.92 Å². The number of esters is 1. The first kappa shape index (κ1) is 21.7. The van der Waals surface area contributed by atoms with Gasteiger partial charge in [0.25, 0.3) is 0 Å². The predicted octanol–water partition coefficient (Wildman–Crippen LogP) is 7.58. The number of hydrogen-bond acceptors (Lipinski definition) is 2. The monoisotopic (exact) mass is 497 g/mol. The van der Waals surface area contributed by atoms with Crippen LogP contribution in [0.4, 0.5) is 4.39 Å². The molecular formula is C27H29BrFNO2. The fourth-order valence-corrected chi connectivity index (χ4v) is 7.41. The molecule has 0 saturated heterocycles. The molecule has 0 bridgehead atoms. The molecule has 168 valence electrons. The molecule has 2 aliphatic carbocycles. The third-order valence-corrected chi connectivity index (χ3v) is 8.74. The van der Waals surface area contributed by atoms with Crippen molar-refractivity contribution in [3.63, 3.8) is 0 Å².